The van der Waals surface area contributed by atoms with E-state index in [0.29, 0.717) is 33.1 Å². The Morgan fingerprint density at radius 3 is 2.34 bits per heavy atom. The molecule has 0 saturated heterocycles. The van der Waals surface area contributed by atoms with E-state index >= 15 is 0 Å². The van der Waals surface area contributed by atoms with Crippen LogP contribution >= 0.6 is 23.1 Å². The van der Waals surface area contributed by atoms with E-state index in [4.69, 9.17) is 4.74 Å². The number of thiophene rings is 1. The fourth-order valence-corrected chi connectivity index (χ4v) is 6.40. The average molecular weight is 659 g/mol. The van der Waals surface area contributed by atoms with E-state index in [9.17, 15) is 19.6 Å². The van der Waals surface area contributed by atoms with Crippen molar-refractivity contribution in [3.63, 3.8) is 0 Å². The predicted octanol–water partition coefficient (Wildman–Crippen LogP) is 7.82. The van der Waals surface area contributed by atoms with Crippen LogP contribution in [0.25, 0.3) is 17.2 Å². The number of amides is 3. The van der Waals surface area contributed by atoms with Gasteiger partial charge >= 0.3 is 0 Å². The number of carbonyl (C=O) groups excluding carboxylic acids is 3. The van der Waals surface area contributed by atoms with Crippen LogP contribution in [0.4, 0.5) is 10.7 Å². The Kier molecular flexibility index (Phi) is 10.9. The highest BCUT2D eigenvalue weighted by atomic mass is 32.2. The molecule has 5 rings (SSSR count). The smallest absolute Gasteiger partial charge is 0.272 e. The van der Waals surface area contributed by atoms with Gasteiger partial charge in [0, 0.05) is 27.1 Å². The molecule has 0 aliphatic rings. The van der Waals surface area contributed by atoms with Gasteiger partial charge in [-0.25, -0.2) is 0 Å². The van der Waals surface area contributed by atoms with Crippen molar-refractivity contribution in [1.82, 2.24) is 5.32 Å². The lowest BCUT2D eigenvalue weighted by atomic mass is 10.1. The van der Waals surface area contributed by atoms with Crippen molar-refractivity contribution < 1.29 is 19.1 Å². The summed E-state index contributed by atoms with van der Waals surface area (Å²) in [6.07, 6.45) is 1.58. The van der Waals surface area contributed by atoms with Crippen LogP contribution in [0, 0.1) is 11.3 Å². The van der Waals surface area contributed by atoms with Crippen molar-refractivity contribution >= 4 is 57.6 Å². The average Bonchev–Trinajstić information content (AvgIpc) is 3.51. The molecule has 0 aliphatic heterocycles. The van der Waals surface area contributed by atoms with Crippen LogP contribution in [0.2, 0.25) is 0 Å². The molecule has 0 bridgehead atoms. The Morgan fingerprint density at radius 2 is 1.62 bits per heavy atom. The van der Waals surface area contributed by atoms with Gasteiger partial charge in [0.15, 0.2) is 0 Å². The highest BCUT2D eigenvalue weighted by Gasteiger charge is 2.20. The number of hydrogen-bond acceptors (Lipinski definition) is 7. The molecule has 10 heteroatoms. The first kappa shape index (κ1) is 32.8. The molecule has 234 valence electrons. The van der Waals surface area contributed by atoms with Gasteiger partial charge in [0.05, 0.1) is 17.9 Å². The van der Waals surface area contributed by atoms with Crippen LogP contribution in [0.1, 0.15) is 28.4 Å². The van der Waals surface area contributed by atoms with Crippen molar-refractivity contribution in [3.8, 4) is 22.9 Å². The molecule has 3 amide bonds. The van der Waals surface area contributed by atoms with Gasteiger partial charge < -0.3 is 20.7 Å². The summed E-state index contributed by atoms with van der Waals surface area (Å²) in [5.41, 5.74) is 3.69. The van der Waals surface area contributed by atoms with Crippen molar-refractivity contribution in [2.75, 3.05) is 17.7 Å². The highest BCUT2D eigenvalue weighted by molar-refractivity contribution is 8.00. The molecule has 1 heterocycles. The second kappa shape index (κ2) is 15.6. The number of hydrogen-bond donors (Lipinski definition) is 3. The fourth-order valence-electron chi connectivity index (χ4n) is 4.55. The van der Waals surface area contributed by atoms with E-state index in [2.05, 4.69) is 22.0 Å². The Bertz CT molecular complexity index is 1970. The largest absolute Gasteiger partial charge is 0.497 e. The van der Waals surface area contributed by atoms with Crippen LogP contribution in [0.15, 0.2) is 125 Å². The first-order valence-corrected chi connectivity index (χ1v) is 16.3. The number of nitrogens with zero attached hydrogens (tertiary/aromatic N) is 1. The quantitative estimate of drug-likeness (QED) is 0.0983. The maximum absolute atomic E-state index is 13.5. The van der Waals surface area contributed by atoms with E-state index < -0.39 is 17.1 Å². The van der Waals surface area contributed by atoms with Gasteiger partial charge in [-0.05, 0) is 66.6 Å². The van der Waals surface area contributed by atoms with E-state index in [-0.39, 0.29) is 11.6 Å². The summed E-state index contributed by atoms with van der Waals surface area (Å²) in [4.78, 5) is 40.4. The number of anilines is 2. The van der Waals surface area contributed by atoms with Crippen LogP contribution < -0.4 is 20.7 Å². The summed E-state index contributed by atoms with van der Waals surface area (Å²) in [6.45, 7) is 1.77. The van der Waals surface area contributed by atoms with Crippen molar-refractivity contribution in [1.29, 1.82) is 5.26 Å². The van der Waals surface area contributed by atoms with Crippen molar-refractivity contribution in [2.45, 2.75) is 17.1 Å². The minimum Gasteiger partial charge on any atom is -0.497 e. The predicted molar refractivity (Wildman–Crippen MR) is 188 cm³/mol. The normalized spacial score (nSPS) is 11.6. The molecule has 1 unspecified atom stereocenters. The Balaban J connectivity index is 1.29. The third kappa shape index (κ3) is 8.55. The topological polar surface area (TPSA) is 120 Å². The number of carbonyl (C=O) groups is 3. The number of thioether (sulfide) groups is 1. The molecule has 47 heavy (non-hydrogen) atoms. The zero-order chi connectivity index (χ0) is 33.2. The fraction of sp³-hybridized carbons (Fsp3) is 0.0811. The van der Waals surface area contributed by atoms with Gasteiger partial charge in [0.1, 0.15) is 22.5 Å². The van der Waals surface area contributed by atoms with Gasteiger partial charge in [0.25, 0.3) is 11.8 Å². The molecule has 3 N–H and O–H groups in total. The molecule has 0 saturated carbocycles. The maximum atomic E-state index is 13.5. The number of rotatable bonds is 11. The summed E-state index contributed by atoms with van der Waals surface area (Å²) in [6, 6.07) is 34.6. The second-order valence-electron chi connectivity index (χ2n) is 10.2. The molecule has 0 radical (unpaired) electrons. The van der Waals surface area contributed by atoms with Gasteiger partial charge in [-0.15, -0.1) is 23.1 Å². The molecular formula is C37H30N4O4S2. The highest BCUT2D eigenvalue weighted by Crippen LogP contribution is 2.36. The lowest BCUT2D eigenvalue weighted by Crippen LogP contribution is -2.30. The lowest BCUT2D eigenvalue weighted by molar-refractivity contribution is -0.115. The molecule has 0 spiro atoms. The first-order chi connectivity index (χ1) is 22.8. The standard InChI is InChI=1S/C37H30N4O4S2/c1-24(34(42)41-37-31(22-38)32(23-46-37)26-12-5-3-6-13-26)47-30-18-10-16-28(21-30)39-36(44)33(20-25-11-9-17-29(19-25)45-2)40-35(43)27-14-7-4-8-15-27/h3-21,23-24H,1-2H3,(H,39,44)(H,40,43)(H,41,42)/b33-20-. The summed E-state index contributed by atoms with van der Waals surface area (Å²) in [5.74, 6) is -0.605. The van der Waals surface area contributed by atoms with Crippen LogP contribution in [-0.2, 0) is 9.59 Å². The van der Waals surface area contributed by atoms with Gasteiger partial charge in [-0.2, -0.15) is 5.26 Å². The maximum Gasteiger partial charge on any atom is 0.272 e. The van der Waals surface area contributed by atoms with Crippen LogP contribution in [0.5, 0.6) is 5.75 Å². The Hall–Kier alpha value is -5.63. The van der Waals surface area contributed by atoms with E-state index in [1.54, 1.807) is 92.9 Å². The van der Waals surface area contributed by atoms with Crippen molar-refractivity contribution in [3.05, 3.63) is 137 Å². The summed E-state index contributed by atoms with van der Waals surface area (Å²) >= 11 is 2.62. The molecule has 1 aromatic heterocycles. The molecule has 0 aliphatic carbocycles. The third-order valence-corrected chi connectivity index (χ3v) is 8.92. The zero-order valence-electron chi connectivity index (χ0n) is 25.5. The van der Waals surface area contributed by atoms with Crippen LogP contribution in [-0.4, -0.2) is 30.1 Å². The van der Waals surface area contributed by atoms with Crippen LogP contribution in [0.3, 0.4) is 0 Å². The zero-order valence-corrected chi connectivity index (χ0v) is 27.2. The number of methoxy groups -OCH3 is 1. The van der Waals surface area contributed by atoms with Gasteiger partial charge in [0.2, 0.25) is 5.91 Å². The van der Waals surface area contributed by atoms with E-state index in [1.165, 1.54) is 23.1 Å². The summed E-state index contributed by atoms with van der Waals surface area (Å²) in [5, 5.41) is 20.2. The third-order valence-electron chi connectivity index (χ3n) is 6.93. The van der Waals surface area contributed by atoms with Gasteiger partial charge in [-0.1, -0.05) is 66.7 Å². The number of nitriles is 1. The second-order valence-corrected chi connectivity index (χ2v) is 12.5. The lowest BCUT2D eigenvalue weighted by Gasteiger charge is -2.14. The van der Waals surface area contributed by atoms with Crippen molar-refractivity contribution in [2.24, 2.45) is 0 Å². The minimum atomic E-state index is -0.527. The summed E-state index contributed by atoms with van der Waals surface area (Å²) in [7, 11) is 1.55. The number of nitrogens with one attached hydrogen (secondary N) is 3. The first-order valence-electron chi connectivity index (χ1n) is 14.5. The monoisotopic (exact) mass is 658 g/mol. The molecule has 5 aromatic rings. The minimum absolute atomic E-state index is 0.0389. The van der Waals surface area contributed by atoms with E-state index in [1.807, 2.05) is 41.8 Å². The molecule has 8 nitrogen and oxygen atoms in total. The molecule has 4 aromatic carbocycles. The Labute approximate surface area is 281 Å². The number of benzene rings is 4. The summed E-state index contributed by atoms with van der Waals surface area (Å²) < 4.78 is 5.31. The number of ether oxygens (including phenoxy) is 1. The Morgan fingerprint density at radius 1 is 0.894 bits per heavy atom. The molecule has 0 fully saturated rings. The van der Waals surface area contributed by atoms with E-state index in [0.717, 1.165) is 16.0 Å². The van der Waals surface area contributed by atoms with Gasteiger partial charge in [-0.3, -0.25) is 14.4 Å². The molecular weight excluding hydrogens is 629 g/mol. The SMILES string of the molecule is COc1cccc(/C=C(\NC(=O)c2ccccc2)C(=O)Nc2cccc(SC(C)C(=O)Nc3scc(-c4ccccc4)c3C#N)c2)c1. The molecule has 1 atom stereocenters.